The minimum absolute atomic E-state index is 0.00172. The predicted octanol–water partition coefficient (Wildman–Crippen LogP) is -0.317. The molecule has 30 heavy (non-hydrogen) atoms. The van der Waals surface area contributed by atoms with Crippen molar-refractivity contribution >= 4 is 28.9 Å². The quantitative estimate of drug-likeness (QED) is 0.359. The van der Waals surface area contributed by atoms with E-state index in [1.165, 1.54) is 23.9 Å². The number of hydrogen-bond acceptors (Lipinski definition) is 9. The largest absolute Gasteiger partial charge is 0.379 e. The summed E-state index contributed by atoms with van der Waals surface area (Å²) in [5.74, 6) is -0.529. The van der Waals surface area contributed by atoms with E-state index in [0.717, 1.165) is 0 Å². The predicted molar refractivity (Wildman–Crippen MR) is 113 cm³/mol. The number of hydrogen-bond donors (Lipinski definition) is 4. The van der Waals surface area contributed by atoms with E-state index in [1.807, 2.05) is 4.90 Å². The van der Waals surface area contributed by atoms with E-state index >= 15 is 0 Å². The molecular weight excluding hydrogens is 390 g/mol. The normalized spacial score (nSPS) is 15.3. The lowest BCUT2D eigenvalue weighted by Gasteiger charge is -2.26. The maximum absolute atomic E-state index is 12.7. The van der Waals surface area contributed by atoms with Gasteiger partial charge in [0.2, 0.25) is 5.91 Å². The number of morpholine rings is 1. The van der Waals surface area contributed by atoms with Crippen LogP contribution >= 0.6 is 0 Å². The Morgan fingerprint density at radius 3 is 2.60 bits per heavy atom. The molecule has 0 aliphatic carbocycles. The lowest BCUT2D eigenvalue weighted by Crippen LogP contribution is -2.44. The van der Waals surface area contributed by atoms with Crippen LogP contribution in [0.3, 0.4) is 0 Å². The molecule has 1 unspecified atom stereocenters. The Morgan fingerprint density at radius 1 is 1.27 bits per heavy atom. The van der Waals surface area contributed by atoms with Crippen LogP contribution in [0.4, 0.5) is 5.82 Å². The number of nitrogens with one attached hydrogen (secondary N) is 4. The number of ketones is 1. The fraction of sp³-hybridized carbons (Fsp3) is 0.579. The fourth-order valence-electron chi connectivity index (χ4n) is 2.97. The van der Waals surface area contributed by atoms with Crippen molar-refractivity contribution in [3.8, 4) is 0 Å². The molecule has 2 heterocycles. The van der Waals surface area contributed by atoms with Crippen molar-refractivity contribution in [1.82, 2.24) is 19.8 Å². The zero-order chi connectivity index (χ0) is 22.1. The van der Waals surface area contributed by atoms with Crippen molar-refractivity contribution < 1.29 is 14.3 Å². The summed E-state index contributed by atoms with van der Waals surface area (Å²) in [5, 5.41) is 20.4. The van der Waals surface area contributed by atoms with Gasteiger partial charge in [-0.15, -0.1) is 0 Å². The average molecular weight is 419 g/mol. The van der Waals surface area contributed by atoms with E-state index in [0.29, 0.717) is 32.7 Å². The van der Waals surface area contributed by atoms with Gasteiger partial charge in [0.1, 0.15) is 6.04 Å². The molecule has 2 rings (SSSR count). The third-order valence-electron chi connectivity index (χ3n) is 4.74. The molecule has 1 aliphatic rings. The van der Waals surface area contributed by atoms with Crippen LogP contribution in [0.25, 0.3) is 0 Å². The molecule has 164 valence electrons. The first-order valence-corrected chi connectivity index (χ1v) is 9.87. The number of aromatic nitrogens is 2. The van der Waals surface area contributed by atoms with Crippen LogP contribution in [-0.4, -0.2) is 83.5 Å². The number of amides is 1. The molecule has 1 aromatic heterocycles. The van der Waals surface area contributed by atoms with Gasteiger partial charge < -0.3 is 26.2 Å². The molecule has 11 nitrogen and oxygen atoms in total. The molecule has 1 aliphatic heterocycles. The second-order valence-corrected chi connectivity index (χ2v) is 7.01. The fourth-order valence-corrected chi connectivity index (χ4v) is 2.97. The third kappa shape index (κ3) is 6.56. The molecule has 0 aromatic carbocycles. The van der Waals surface area contributed by atoms with Gasteiger partial charge in [0, 0.05) is 25.5 Å². The number of carbonyl (C=O) groups is 2. The monoisotopic (exact) mass is 419 g/mol. The highest BCUT2D eigenvalue weighted by Crippen LogP contribution is 2.09. The first-order valence-electron chi connectivity index (χ1n) is 9.87. The SMILES string of the molecule is CCC(C(=O)NCC(=O)CN1CCOCC1)n1ccnc(NCC(=N)C(C)=N)c1=O. The molecule has 1 atom stereocenters. The summed E-state index contributed by atoms with van der Waals surface area (Å²) in [4.78, 5) is 43.5. The Balaban J connectivity index is 1.98. The van der Waals surface area contributed by atoms with Gasteiger partial charge in [0.05, 0.1) is 44.3 Å². The first kappa shape index (κ1) is 23.4. The number of rotatable bonds is 11. The highest BCUT2D eigenvalue weighted by atomic mass is 16.5. The second-order valence-electron chi connectivity index (χ2n) is 7.01. The Bertz CT molecular complexity index is 846. The van der Waals surface area contributed by atoms with Crippen LogP contribution in [0.5, 0.6) is 0 Å². The lowest BCUT2D eigenvalue weighted by atomic mass is 10.2. The summed E-state index contributed by atoms with van der Waals surface area (Å²) >= 11 is 0. The molecule has 11 heteroatoms. The third-order valence-corrected chi connectivity index (χ3v) is 4.74. The number of Topliss-reactive ketones (excluding diaryl/α,β-unsaturated/α-hetero) is 1. The van der Waals surface area contributed by atoms with Gasteiger partial charge in [-0.2, -0.15) is 0 Å². The van der Waals surface area contributed by atoms with Crippen LogP contribution in [0, 0.1) is 10.8 Å². The Morgan fingerprint density at radius 2 is 1.97 bits per heavy atom. The zero-order valence-electron chi connectivity index (χ0n) is 17.4. The summed E-state index contributed by atoms with van der Waals surface area (Å²) < 4.78 is 6.51. The highest BCUT2D eigenvalue weighted by Gasteiger charge is 2.22. The van der Waals surface area contributed by atoms with Gasteiger partial charge in [-0.05, 0) is 13.3 Å². The molecule has 1 amide bonds. The summed E-state index contributed by atoms with van der Waals surface area (Å²) in [6.07, 6.45) is 3.16. The zero-order valence-corrected chi connectivity index (χ0v) is 17.4. The Hall–Kier alpha value is -2.92. The van der Waals surface area contributed by atoms with Crippen molar-refractivity contribution in [2.24, 2.45) is 0 Å². The number of carbonyl (C=O) groups excluding carboxylic acids is 2. The van der Waals surface area contributed by atoms with Gasteiger partial charge >= 0.3 is 0 Å². The minimum atomic E-state index is -0.791. The Kier molecular flexibility index (Phi) is 8.81. The van der Waals surface area contributed by atoms with Crippen molar-refractivity contribution in [2.75, 3.05) is 51.3 Å². The van der Waals surface area contributed by atoms with Crippen LogP contribution in [0.15, 0.2) is 17.2 Å². The van der Waals surface area contributed by atoms with Gasteiger partial charge in [-0.3, -0.25) is 23.9 Å². The first-order chi connectivity index (χ1) is 14.3. The smallest absolute Gasteiger partial charge is 0.294 e. The summed E-state index contributed by atoms with van der Waals surface area (Å²) in [7, 11) is 0. The van der Waals surface area contributed by atoms with Crippen molar-refractivity contribution in [3.63, 3.8) is 0 Å². The van der Waals surface area contributed by atoms with E-state index in [-0.39, 0.29) is 42.7 Å². The van der Waals surface area contributed by atoms with Gasteiger partial charge in [0.25, 0.3) is 5.56 Å². The van der Waals surface area contributed by atoms with Crippen LogP contribution in [-0.2, 0) is 14.3 Å². The van der Waals surface area contributed by atoms with Gasteiger partial charge in [-0.1, -0.05) is 6.92 Å². The molecule has 0 bridgehead atoms. The van der Waals surface area contributed by atoms with E-state index in [1.54, 1.807) is 6.92 Å². The van der Waals surface area contributed by atoms with Crippen molar-refractivity contribution in [2.45, 2.75) is 26.3 Å². The van der Waals surface area contributed by atoms with E-state index in [9.17, 15) is 14.4 Å². The minimum Gasteiger partial charge on any atom is -0.379 e. The molecule has 1 aromatic rings. The van der Waals surface area contributed by atoms with Crippen molar-refractivity contribution in [3.05, 3.63) is 22.7 Å². The maximum Gasteiger partial charge on any atom is 0.294 e. The van der Waals surface area contributed by atoms with Crippen LogP contribution in [0.1, 0.15) is 26.3 Å². The van der Waals surface area contributed by atoms with E-state index in [4.69, 9.17) is 15.6 Å². The van der Waals surface area contributed by atoms with Gasteiger partial charge in [-0.25, -0.2) is 4.98 Å². The molecule has 1 saturated heterocycles. The van der Waals surface area contributed by atoms with Crippen molar-refractivity contribution in [1.29, 1.82) is 10.8 Å². The molecule has 4 N–H and O–H groups in total. The summed E-state index contributed by atoms with van der Waals surface area (Å²) in [6.45, 7) is 5.96. The van der Waals surface area contributed by atoms with E-state index < -0.39 is 17.5 Å². The Labute approximate surface area is 174 Å². The van der Waals surface area contributed by atoms with Crippen LogP contribution < -0.4 is 16.2 Å². The maximum atomic E-state index is 12.7. The molecule has 0 spiro atoms. The summed E-state index contributed by atoms with van der Waals surface area (Å²) in [5.41, 5.74) is -0.379. The number of nitrogens with zero attached hydrogens (tertiary/aromatic N) is 3. The molecule has 0 saturated carbocycles. The number of anilines is 1. The van der Waals surface area contributed by atoms with E-state index in [2.05, 4.69) is 15.6 Å². The lowest BCUT2D eigenvalue weighted by molar-refractivity contribution is -0.128. The second kappa shape index (κ2) is 11.3. The standard InChI is InChI=1S/C19H29N7O4/c1-3-16(18(28)24-10-14(27)12-25-6-8-30-9-7-25)26-5-4-22-17(19(26)29)23-11-15(21)13(2)20/h4-5,16,20-21H,3,6-12H2,1-2H3,(H,22,23)(H,24,28). The topological polar surface area (TPSA) is 153 Å². The van der Waals surface area contributed by atoms with Crippen LogP contribution in [0.2, 0.25) is 0 Å². The molecule has 1 fully saturated rings. The molecule has 0 radical (unpaired) electrons. The number of ether oxygens (including phenoxy) is 1. The summed E-state index contributed by atoms with van der Waals surface area (Å²) in [6, 6.07) is -0.791. The molecular formula is C19H29N7O4. The highest BCUT2D eigenvalue weighted by molar-refractivity contribution is 6.40. The average Bonchev–Trinajstić information content (AvgIpc) is 2.73. The van der Waals surface area contributed by atoms with Gasteiger partial charge in [0.15, 0.2) is 11.6 Å².